The Bertz CT molecular complexity index is 984. The Kier molecular flexibility index (Phi) is 7.52. The molecule has 7 nitrogen and oxygen atoms in total. The first-order valence-electron chi connectivity index (χ1n) is 12.4. The lowest BCUT2D eigenvalue weighted by Gasteiger charge is -2.38. The summed E-state index contributed by atoms with van der Waals surface area (Å²) >= 11 is 6.41. The number of halogens is 1. The van der Waals surface area contributed by atoms with E-state index in [-0.39, 0.29) is 24.8 Å². The van der Waals surface area contributed by atoms with Gasteiger partial charge in [-0.15, -0.1) is 0 Å². The SMILES string of the molecule is O=C1CC[C@@H](CCNCc2cc3c(cc2Cl)OCO3)N1C[C@@H](c1cccnc1)N1CCCCC1. The van der Waals surface area contributed by atoms with Crippen molar-refractivity contribution in [1.29, 1.82) is 0 Å². The average molecular weight is 485 g/mol. The molecule has 4 heterocycles. The van der Waals surface area contributed by atoms with Gasteiger partial charge in [-0.25, -0.2) is 0 Å². The summed E-state index contributed by atoms with van der Waals surface area (Å²) in [5.41, 5.74) is 2.20. The van der Waals surface area contributed by atoms with Gasteiger partial charge in [-0.05, 0) is 68.6 Å². The standard InChI is InChI=1S/C26H33ClN4O3/c27-22-14-25-24(33-18-34-25)13-20(22)16-29-10-8-21-6-7-26(32)31(21)17-23(19-5-4-9-28-15-19)30-11-2-1-3-12-30/h4-5,9,13-15,21,23,29H,1-3,6-8,10-12,16-18H2/t21-,23-/m0/s1. The first-order chi connectivity index (χ1) is 16.7. The number of carbonyl (C=O) groups is 1. The lowest BCUT2D eigenvalue weighted by Crippen LogP contribution is -2.44. The van der Waals surface area contributed by atoms with E-state index in [1.807, 2.05) is 30.6 Å². The fourth-order valence-electron chi connectivity index (χ4n) is 5.35. The zero-order chi connectivity index (χ0) is 23.3. The van der Waals surface area contributed by atoms with Crippen molar-refractivity contribution < 1.29 is 14.3 Å². The van der Waals surface area contributed by atoms with Crippen molar-refractivity contribution in [1.82, 2.24) is 20.1 Å². The molecule has 0 saturated carbocycles. The van der Waals surface area contributed by atoms with Crippen LogP contribution in [-0.4, -0.2) is 59.7 Å². The molecule has 5 rings (SSSR count). The molecule has 182 valence electrons. The molecule has 2 atom stereocenters. The number of nitrogens with zero attached hydrogens (tertiary/aromatic N) is 3. The number of piperidine rings is 1. The van der Waals surface area contributed by atoms with E-state index >= 15 is 0 Å². The molecule has 2 fully saturated rings. The number of nitrogens with one attached hydrogen (secondary N) is 1. The van der Waals surface area contributed by atoms with Crippen LogP contribution in [0.2, 0.25) is 5.02 Å². The highest BCUT2D eigenvalue weighted by Crippen LogP contribution is 2.37. The van der Waals surface area contributed by atoms with E-state index in [1.54, 1.807) is 0 Å². The first kappa shape index (κ1) is 23.4. The second-order valence-corrected chi connectivity index (χ2v) is 9.81. The highest BCUT2D eigenvalue weighted by molar-refractivity contribution is 6.31. The highest BCUT2D eigenvalue weighted by Gasteiger charge is 2.34. The predicted molar refractivity (Wildman–Crippen MR) is 131 cm³/mol. The molecule has 0 aliphatic carbocycles. The second-order valence-electron chi connectivity index (χ2n) is 9.40. The zero-order valence-corrected chi connectivity index (χ0v) is 20.3. The lowest BCUT2D eigenvalue weighted by atomic mass is 10.0. The molecule has 8 heteroatoms. The van der Waals surface area contributed by atoms with Gasteiger partial charge in [-0.1, -0.05) is 24.1 Å². The molecule has 0 unspecified atom stereocenters. The third kappa shape index (κ3) is 5.32. The minimum absolute atomic E-state index is 0.207. The first-order valence-corrected chi connectivity index (χ1v) is 12.8. The van der Waals surface area contributed by atoms with Crippen molar-refractivity contribution in [3.8, 4) is 11.5 Å². The lowest BCUT2D eigenvalue weighted by molar-refractivity contribution is -0.130. The third-order valence-electron chi connectivity index (χ3n) is 7.23. The molecule has 2 saturated heterocycles. The van der Waals surface area contributed by atoms with E-state index in [0.717, 1.165) is 50.3 Å². The van der Waals surface area contributed by atoms with Gasteiger partial charge in [0.15, 0.2) is 11.5 Å². The van der Waals surface area contributed by atoms with Gasteiger partial charge >= 0.3 is 0 Å². The van der Waals surface area contributed by atoms with Gasteiger partial charge in [0, 0.05) is 49.0 Å². The number of fused-ring (bicyclic) bond motifs is 1. The van der Waals surface area contributed by atoms with E-state index in [2.05, 4.69) is 26.2 Å². The van der Waals surface area contributed by atoms with Gasteiger partial charge in [-0.2, -0.15) is 0 Å². The number of rotatable bonds is 9. The minimum atomic E-state index is 0.207. The van der Waals surface area contributed by atoms with Crippen LogP contribution in [0.3, 0.4) is 0 Å². The summed E-state index contributed by atoms with van der Waals surface area (Å²) in [7, 11) is 0. The Morgan fingerprint density at radius 1 is 1.18 bits per heavy atom. The molecule has 2 aromatic rings. The number of ether oxygens (including phenoxy) is 2. The van der Waals surface area contributed by atoms with E-state index in [1.165, 1.54) is 24.8 Å². The average Bonchev–Trinajstić information content (AvgIpc) is 3.47. The van der Waals surface area contributed by atoms with Gasteiger partial charge in [0.05, 0.1) is 6.04 Å². The number of benzene rings is 1. The van der Waals surface area contributed by atoms with Gasteiger partial charge in [0.1, 0.15) is 0 Å². The minimum Gasteiger partial charge on any atom is -0.454 e. The fraction of sp³-hybridized carbons (Fsp3) is 0.538. The van der Waals surface area contributed by atoms with E-state index < -0.39 is 0 Å². The number of hydrogen-bond donors (Lipinski definition) is 1. The van der Waals surface area contributed by atoms with E-state index in [0.29, 0.717) is 23.7 Å². The Balaban J connectivity index is 1.19. The Morgan fingerprint density at radius 2 is 2.00 bits per heavy atom. The summed E-state index contributed by atoms with van der Waals surface area (Å²) in [5.74, 6) is 1.72. The van der Waals surface area contributed by atoms with Crippen molar-refractivity contribution in [2.45, 2.75) is 57.2 Å². The maximum absolute atomic E-state index is 12.9. The van der Waals surface area contributed by atoms with Crippen LogP contribution in [0.25, 0.3) is 0 Å². The van der Waals surface area contributed by atoms with Crippen LogP contribution in [0.5, 0.6) is 11.5 Å². The Hall–Kier alpha value is -2.35. The highest BCUT2D eigenvalue weighted by atomic mass is 35.5. The van der Waals surface area contributed by atoms with Crippen LogP contribution < -0.4 is 14.8 Å². The molecule has 1 aromatic heterocycles. The molecule has 3 aliphatic heterocycles. The zero-order valence-electron chi connectivity index (χ0n) is 19.5. The monoisotopic (exact) mass is 484 g/mol. The number of amides is 1. The van der Waals surface area contributed by atoms with Crippen LogP contribution in [0.4, 0.5) is 0 Å². The molecule has 0 spiro atoms. The third-order valence-corrected chi connectivity index (χ3v) is 7.59. The van der Waals surface area contributed by atoms with Crippen LogP contribution in [0, 0.1) is 0 Å². The van der Waals surface area contributed by atoms with Crippen LogP contribution >= 0.6 is 11.6 Å². The predicted octanol–water partition coefficient (Wildman–Crippen LogP) is 4.16. The largest absolute Gasteiger partial charge is 0.454 e. The second kappa shape index (κ2) is 10.9. The van der Waals surface area contributed by atoms with Crippen molar-refractivity contribution >= 4 is 17.5 Å². The smallest absolute Gasteiger partial charge is 0.231 e. The van der Waals surface area contributed by atoms with Crippen LogP contribution in [0.15, 0.2) is 36.7 Å². The van der Waals surface area contributed by atoms with Crippen LogP contribution in [-0.2, 0) is 11.3 Å². The molecular formula is C26H33ClN4O3. The fourth-order valence-corrected chi connectivity index (χ4v) is 5.57. The summed E-state index contributed by atoms with van der Waals surface area (Å²) in [6, 6.07) is 8.38. The van der Waals surface area contributed by atoms with E-state index in [4.69, 9.17) is 21.1 Å². The maximum atomic E-state index is 12.9. The van der Waals surface area contributed by atoms with Gasteiger partial charge in [0.2, 0.25) is 12.7 Å². The number of pyridine rings is 1. The maximum Gasteiger partial charge on any atom is 0.231 e. The normalized spacial score (nSPS) is 21.3. The number of hydrogen-bond acceptors (Lipinski definition) is 6. The molecule has 1 N–H and O–H groups in total. The van der Waals surface area contributed by atoms with E-state index in [9.17, 15) is 4.79 Å². The summed E-state index contributed by atoms with van der Waals surface area (Å²) in [5, 5.41) is 4.18. The molecule has 0 bridgehead atoms. The molecule has 1 amide bonds. The summed E-state index contributed by atoms with van der Waals surface area (Å²) in [6.45, 7) is 4.63. The van der Waals surface area contributed by atoms with Crippen LogP contribution in [0.1, 0.15) is 55.7 Å². The summed E-state index contributed by atoms with van der Waals surface area (Å²) in [6.07, 6.45) is 10.0. The quantitative estimate of drug-likeness (QED) is 0.539. The van der Waals surface area contributed by atoms with Crippen molar-refractivity contribution in [2.24, 2.45) is 0 Å². The topological polar surface area (TPSA) is 66.9 Å². The Morgan fingerprint density at radius 3 is 2.79 bits per heavy atom. The molecular weight excluding hydrogens is 452 g/mol. The Labute approximate surface area is 206 Å². The summed E-state index contributed by atoms with van der Waals surface area (Å²) < 4.78 is 10.9. The van der Waals surface area contributed by atoms with Gasteiger partial charge in [0.25, 0.3) is 0 Å². The number of carbonyl (C=O) groups excluding carboxylic acids is 1. The number of likely N-dealkylation sites (tertiary alicyclic amines) is 2. The van der Waals surface area contributed by atoms with Gasteiger partial charge in [-0.3, -0.25) is 14.7 Å². The molecule has 0 radical (unpaired) electrons. The van der Waals surface area contributed by atoms with Crippen molar-refractivity contribution in [3.05, 3.63) is 52.8 Å². The van der Waals surface area contributed by atoms with Gasteiger partial charge < -0.3 is 19.7 Å². The van der Waals surface area contributed by atoms with Crippen molar-refractivity contribution in [3.63, 3.8) is 0 Å². The van der Waals surface area contributed by atoms with Crippen molar-refractivity contribution in [2.75, 3.05) is 33.0 Å². The molecule has 3 aliphatic rings. The molecule has 1 aromatic carbocycles. The summed E-state index contributed by atoms with van der Waals surface area (Å²) in [4.78, 5) is 21.9. The molecule has 34 heavy (non-hydrogen) atoms. The number of aromatic nitrogens is 1.